The van der Waals surface area contributed by atoms with E-state index in [4.69, 9.17) is 0 Å². The summed E-state index contributed by atoms with van der Waals surface area (Å²) in [5.41, 5.74) is 1.15. The first-order valence-corrected chi connectivity index (χ1v) is 7.15. The van der Waals surface area contributed by atoms with Crippen LogP contribution in [0.1, 0.15) is 52.0 Å². The fourth-order valence-electron chi connectivity index (χ4n) is 3.91. The third-order valence-corrected chi connectivity index (χ3v) is 4.16. The highest BCUT2D eigenvalue weighted by Gasteiger charge is 2.40. The van der Waals surface area contributed by atoms with E-state index in [0.717, 1.165) is 25.7 Å². The molecule has 0 saturated heterocycles. The molecule has 1 aliphatic carbocycles. The van der Waals surface area contributed by atoms with Gasteiger partial charge in [0.2, 0.25) is 0 Å². The lowest BCUT2D eigenvalue weighted by molar-refractivity contribution is -0.0633. The van der Waals surface area contributed by atoms with E-state index < -0.39 is 5.60 Å². The molecule has 100 valence electrons. The SMILES string of the molecule is CC1CC(C)(C)CC(O)(CCc2ccccc2)C1. The van der Waals surface area contributed by atoms with Gasteiger partial charge in [0.15, 0.2) is 0 Å². The van der Waals surface area contributed by atoms with Gasteiger partial charge in [0.1, 0.15) is 0 Å². The molecule has 18 heavy (non-hydrogen) atoms. The minimum atomic E-state index is -0.461. The number of aliphatic hydroxyl groups is 1. The Hall–Kier alpha value is -0.820. The maximum atomic E-state index is 10.8. The highest BCUT2D eigenvalue weighted by molar-refractivity contribution is 5.15. The summed E-state index contributed by atoms with van der Waals surface area (Å²) >= 11 is 0. The normalized spacial score (nSPS) is 31.2. The summed E-state index contributed by atoms with van der Waals surface area (Å²) in [5, 5.41) is 10.8. The summed E-state index contributed by atoms with van der Waals surface area (Å²) < 4.78 is 0. The van der Waals surface area contributed by atoms with E-state index >= 15 is 0 Å². The van der Waals surface area contributed by atoms with Crippen molar-refractivity contribution in [2.45, 2.75) is 58.5 Å². The van der Waals surface area contributed by atoms with E-state index in [1.54, 1.807) is 0 Å². The van der Waals surface area contributed by atoms with Gasteiger partial charge in [0.25, 0.3) is 0 Å². The van der Waals surface area contributed by atoms with E-state index in [1.165, 1.54) is 12.0 Å². The Balaban J connectivity index is 1.99. The van der Waals surface area contributed by atoms with Gasteiger partial charge in [-0.2, -0.15) is 0 Å². The Labute approximate surface area is 111 Å². The molecule has 1 aliphatic rings. The van der Waals surface area contributed by atoms with Gasteiger partial charge >= 0.3 is 0 Å². The topological polar surface area (TPSA) is 20.2 Å². The smallest absolute Gasteiger partial charge is 0.0658 e. The molecule has 2 unspecified atom stereocenters. The highest BCUT2D eigenvalue weighted by Crippen LogP contribution is 2.45. The first kappa shape index (κ1) is 13.6. The standard InChI is InChI=1S/C17H26O/c1-14-11-16(2,3)13-17(18,12-14)10-9-15-7-5-4-6-8-15/h4-8,14,18H,9-13H2,1-3H3. The molecular weight excluding hydrogens is 220 g/mol. The van der Waals surface area contributed by atoms with Crippen LogP contribution in [0.2, 0.25) is 0 Å². The maximum absolute atomic E-state index is 10.8. The molecule has 2 rings (SSSR count). The molecule has 0 heterocycles. The van der Waals surface area contributed by atoms with Crippen LogP contribution in [0.5, 0.6) is 0 Å². The fourth-order valence-corrected chi connectivity index (χ4v) is 3.91. The molecule has 1 nitrogen and oxygen atoms in total. The van der Waals surface area contributed by atoms with E-state index in [9.17, 15) is 5.11 Å². The molecule has 0 amide bonds. The molecule has 1 heteroatoms. The summed E-state index contributed by atoms with van der Waals surface area (Å²) in [7, 11) is 0. The quantitative estimate of drug-likeness (QED) is 0.847. The molecule has 1 aromatic carbocycles. The molecule has 0 spiro atoms. The predicted molar refractivity (Wildman–Crippen MR) is 76.5 cm³/mol. The van der Waals surface area contributed by atoms with Crippen molar-refractivity contribution in [3.05, 3.63) is 35.9 Å². The highest BCUT2D eigenvalue weighted by atomic mass is 16.3. The van der Waals surface area contributed by atoms with E-state index in [-0.39, 0.29) is 5.41 Å². The maximum Gasteiger partial charge on any atom is 0.0658 e. The number of hydrogen-bond donors (Lipinski definition) is 1. The molecular formula is C17H26O. The van der Waals surface area contributed by atoms with Crippen molar-refractivity contribution < 1.29 is 5.11 Å². The van der Waals surface area contributed by atoms with E-state index in [1.807, 2.05) is 6.07 Å². The van der Waals surface area contributed by atoms with Gasteiger partial charge in [-0.25, -0.2) is 0 Å². The van der Waals surface area contributed by atoms with Crippen molar-refractivity contribution in [1.29, 1.82) is 0 Å². The monoisotopic (exact) mass is 246 g/mol. The van der Waals surface area contributed by atoms with Crippen LogP contribution in [0.25, 0.3) is 0 Å². The molecule has 2 atom stereocenters. The average molecular weight is 246 g/mol. The number of rotatable bonds is 3. The average Bonchev–Trinajstić information content (AvgIpc) is 2.24. The third kappa shape index (κ3) is 3.58. The number of benzene rings is 1. The first-order valence-electron chi connectivity index (χ1n) is 7.15. The van der Waals surface area contributed by atoms with Crippen LogP contribution in [0.4, 0.5) is 0 Å². The molecule has 1 fully saturated rings. The Morgan fingerprint density at radius 1 is 1.17 bits per heavy atom. The fraction of sp³-hybridized carbons (Fsp3) is 0.647. The van der Waals surface area contributed by atoms with Gasteiger partial charge in [-0.1, -0.05) is 51.1 Å². The Morgan fingerprint density at radius 2 is 1.83 bits per heavy atom. The summed E-state index contributed by atoms with van der Waals surface area (Å²) in [6, 6.07) is 10.5. The van der Waals surface area contributed by atoms with Gasteiger partial charge in [0, 0.05) is 0 Å². The van der Waals surface area contributed by atoms with Gasteiger partial charge in [-0.05, 0) is 49.0 Å². The van der Waals surface area contributed by atoms with Crippen molar-refractivity contribution >= 4 is 0 Å². The lowest BCUT2D eigenvalue weighted by Crippen LogP contribution is -2.42. The molecule has 0 aromatic heterocycles. The predicted octanol–water partition coefficient (Wildman–Crippen LogP) is 4.20. The minimum absolute atomic E-state index is 0.281. The second-order valence-electron chi connectivity index (χ2n) is 7.06. The zero-order valence-electron chi connectivity index (χ0n) is 11.9. The molecule has 0 aliphatic heterocycles. The zero-order chi connectivity index (χ0) is 13.2. The molecule has 0 radical (unpaired) electrons. The van der Waals surface area contributed by atoms with Crippen molar-refractivity contribution in [3.8, 4) is 0 Å². The van der Waals surface area contributed by atoms with Gasteiger partial charge < -0.3 is 5.11 Å². The summed E-state index contributed by atoms with van der Waals surface area (Å²) in [6.07, 6.45) is 5.02. The summed E-state index contributed by atoms with van der Waals surface area (Å²) in [4.78, 5) is 0. The van der Waals surface area contributed by atoms with E-state index in [0.29, 0.717) is 5.92 Å². The number of aryl methyl sites for hydroxylation is 1. The molecule has 1 aromatic rings. The second kappa shape index (κ2) is 5.05. The Kier molecular flexibility index (Phi) is 3.82. The first-order chi connectivity index (χ1) is 8.39. The largest absolute Gasteiger partial charge is 0.390 e. The third-order valence-electron chi connectivity index (χ3n) is 4.16. The Morgan fingerprint density at radius 3 is 2.44 bits per heavy atom. The van der Waals surface area contributed by atoms with Crippen molar-refractivity contribution in [1.82, 2.24) is 0 Å². The van der Waals surface area contributed by atoms with Crippen molar-refractivity contribution in [3.63, 3.8) is 0 Å². The Bertz CT molecular complexity index is 382. The number of hydrogen-bond acceptors (Lipinski definition) is 1. The molecule has 1 N–H and O–H groups in total. The summed E-state index contributed by atoms with van der Waals surface area (Å²) in [6.45, 7) is 6.85. The van der Waals surface area contributed by atoms with Crippen LogP contribution >= 0.6 is 0 Å². The van der Waals surface area contributed by atoms with Crippen LogP contribution in [0.15, 0.2) is 30.3 Å². The van der Waals surface area contributed by atoms with Crippen LogP contribution in [-0.2, 0) is 6.42 Å². The lowest BCUT2D eigenvalue weighted by atomic mass is 9.64. The van der Waals surface area contributed by atoms with Crippen molar-refractivity contribution in [2.75, 3.05) is 0 Å². The van der Waals surface area contributed by atoms with Crippen LogP contribution in [-0.4, -0.2) is 10.7 Å². The van der Waals surface area contributed by atoms with Crippen LogP contribution in [0.3, 0.4) is 0 Å². The summed E-state index contributed by atoms with van der Waals surface area (Å²) in [5.74, 6) is 0.634. The van der Waals surface area contributed by atoms with E-state index in [2.05, 4.69) is 45.0 Å². The molecule has 1 saturated carbocycles. The van der Waals surface area contributed by atoms with Crippen LogP contribution in [0, 0.1) is 11.3 Å². The van der Waals surface area contributed by atoms with Crippen molar-refractivity contribution in [2.24, 2.45) is 11.3 Å². The van der Waals surface area contributed by atoms with Gasteiger partial charge in [-0.15, -0.1) is 0 Å². The zero-order valence-corrected chi connectivity index (χ0v) is 11.9. The second-order valence-corrected chi connectivity index (χ2v) is 7.06. The van der Waals surface area contributed by atoms with Gasteiger partial charge in [-0.3, -0.25) is 0 Å². The van der Waals surface area contributed by atoms with Gasteiger partial charge in [0.05, 0.1) is 5.60 Å². The lowest BCUT2D eigenvalue weighted by Gasteiger charge is -2.44. The molecule has 0 bridgehead atoms. The van der Waals surface area contributed by atoms with Crippen LogP contribution < -0.4 is 0 Å². The minimum Gasteiger partial charge on any atom is -0.390 e.